The van der Waals surface area contributed by atoms with E-state index in [0.29, 0.717) is 26.1 Å². The first-order valence-electron chi connectivity index (χ1n) is 5.29. The molecule has 0 aromatic rings. The molecule has 0 rings (SSSR count). The van der Waals surface area contributed by atoms with Gasteiger partial charge in [0.15, 0.2) is 0 Å². The van der Waals surface area contributed by atoms with Gasteiger partial charge in [-0.1, -0.05) is 19.0 Å². The lowest BCUT2D eigenvalue weighted by molar-refractivity contribution is 0.112. The quantitative estimate of drug-likeness (QED) is 0.295. The lowest BCUT2D eigenvalue weighted by Gasteiger charge is -2.31. The largest absolute Gasteiger partial charge is 0.382 e. The van der Waals surface area contributed by atoms with Crippen LogP contribution in [0.4, 0.5) is 0 Å². The van der Waals surface area contributed by atoms with E-state index in [1.54, 1.807) is 7.11 Å². The van der Waals surface area contributed by atoms with E-state index >= 15 is 0 Å². The van der Waals surface area contributed by atoms with Crippen molar-refractivity contribution in [2.45, 2.75) is 25.8 Å². The number of nitrogens with zero attached hydrogens (tertiary/aromatic N) is 4. The second-order valence-corrected chi connectivity index (χ2v) is 3.91. The maximum atomic E-state index is 9.21. The third-order valence-corrected chi connectivity index (χ3v) is 2.50. The molecule has 0 amide bonds. The summed E-state index contributed by atoms with van der Waals surface area (Å²) in [5.74, 6) is 0.150. The van der Waals surface area contributed by atoms with Crippen LogP contribution in [0.5, 0.6) is 0 Å². The van der Waals surface area contributed by atoms with Crippen LogP contribution in [0.3, 0.4) is 0 Å². The first-order chi connectivity index (χ1) is 7.63. The summed E-state index contributed by atoms with van der Waals surface area (Å²) in [7, 11) is 1.58. The van der Waals surface area contributed by atoms with E-state index in [1.807, 2.05) is 13.8 Å². The Labute approximate surface area is 96.2 Å². The van der Waals surface area contributed by atoms with Crippen LogP contribution < -0.4 is 5.32 Å². The van der Waals surface area contributed by atoms with Crippen LogP contribution in [0.25, 0.3) is 10.4 Å². The number of hydrogen-bond acceptors (Lipinski definition) is 4. The molecule has 0 aliphatic heterocycles. The highest BCUT2D eigenvalue weighted by atomic mass is 16.5. The van der Waals surface area contributed by atoms with Crippen molar-refractivity contribution in [3.05, 3.63) is 10.4 Å². The fourth-order valence-electron chi connectivity index (χ4n) is 1.36. The second-order valence-electron chi connectivity index (χ2n) is 3.91. The van der Waals surface area contributed by atoms with Gasteiger partial charge < -0.3 is 4.74 Å². The molecule has 0 saturated carbocycles. The molecule has 0 saturated heterocycles. The van der Waals surface area contributed by atoms with Crippen molar-refractivity contribution in [1.29, 1.82) is 5.26 Å². The third-order valence-electron chi connectivity index (χ3n) is 2.50. The van der Waals surface area contributed by atoms with E-state index < -0.39 is 5.54 Å². The molecular weight excluding hydrogens is 206 g/mol. The fourth-order valence-corrected chi connectivity index (χ4v) is 1.36. The van der Waals surface area contributed by atoms with Crippen molar-refractivity contribution in [1.82, 2.24) is 5.32 Å². The lowest BCUT2D eigenvalue weighted by Crippen LogP contribution is -2.52. The summed E-state index contributed by atoms with van der Waals surface area (Å²) in [6, 6.07) is 2.27. The molecule has 16 heavy (non-hydrogen) atoms. The molecule has 6 heteroatoms. The van der Waals surface area contributed by atoms with E-state index in [9.17, 15) is 5.26 Å². The Balaban J connectivity index is 4.22. The fraction of sp³-hybridized carbons (Fsp3) is 0.900. The third kappa shape index (κ3) is 4.49. The molecule has 1 atom stereocenters. The van der Waals surface area contributed by atoms with Crippen molar-refractivity contribution in [2.24, 2.45) is 11.0 Å². The maximum Gasteiger partial charge on any atom is 0.132 e. The van der Waals surface area contributed by atoms with E-state index in [2.05, 4.69) is 21.4 Å². The number of nitrogens with one attached hydrogen (secondary N) is 1. The molecule has 0 fully saturated rings. The van der Waals surface area contributed by atoms with Gasteiger partial charge in [0.2, 0.25) is 0 Å². The summed E-state index contributed by atoms with van der Waals surface area (Å²) >= 11 is 0. The minimum atomic E-state index is -0.662. The monoisotopic (exact) mass is 225 g/mol. The highest BCUT2D eigenvalue weighted by Gasteiger charge is 2.33. The summed E-state index contributed by atoms with van der Waals surface area (Å²) < 4.78 is 5.07. The van der Waals surface area contributed by atoms with Crippen LogP contribution in [-0.2, 0) is 4.74 Å². The Bertz CT molecular complexity index is 279. The predicted molar refractivity (Wildman–Crippen MR) is 61.7 cm³/mol. The Morgan fingerprint density at radius 3 is 2.75 bits per heavy atom. The molecule has 1 N–H and O–H groups in total. The summed E-state index contributed by atoms with van der Waals surface area (Å²) in [5, 5.41) is 15.8. The van der Waals surface area contributed by atoms with Gasteiger partial charge in [0.1, 0.15) is 5.54 Å². The van der Waals surface area contributed by atoms with Crippen molar-refractivity contribution < 1.29 is 4.74 Å². The molecule has 6 nitrogen and oxygen atoms in total. The summed E-state index contributed by atoms with van der Waals surface area (Å²) in [6.45, 7) is 5.37. The summed E-state index contributed by atoms with van der Waals surface area (Å²) in [4.78, 5) is 2.67. The van der Waals surface area contributed by atoms with Gasteiger partial charge in [-0.05, 0) is 24.4 Å². The standard InChI is InChI=1S/C10H19N5O/c1-9(2)10(7-11,8-16-3)13-5-4-6-14-15-12/h9,13H,4-6,8H2,1-3H3. The SMILES string of the molecule is COCC(C#N)(NCCCN=[N+]=[N-])C(C)C. The number of methoxy groups -OCH3 is 1. The molecule has 0 aliphatic carbocycles. The van der Waals surface area contributed by atoms with E-state index in [-0.39, 0.29) is 5.92 Å². The Hall–Kier alpha value is -1.28. The van der Waals surface area contributed by atoms with Crippen molar-refractivity contribution >= 4 is 0 Å². The van der Waals surface area contributed by atoms with Gasteiger partial charge >= 0.3 is 0 Å². The Kier molecular flexibility index (Phi) is 7.31. The Morgan fingerprint density at radius 2 is 2.31 bits per heavy atom. The van der Waals surface area contributed by atoms with Gasteiger partial charge in [0, 0.05) is 18.6 Å². The number of nitriles is 1. The number of hydrogen-bond donors (Lipinski definition) is 1. The number of rotatable bonds is 8. The second kappa shape index (κ2) is 7.94. The number of ether oxygens (including phenoxy) is 1. The van der Waals surface area contributed by atoms with Gasteiger partial charge in [-0.15, -0.1) is 0 Å². The van der Waals surface area contributed by atoms with Crippen LogP contribution in [0.15, 0.2) is 5.11 Å². The zero-order valence-electron chi connectivity index (χ0n) is 10.1. The van der Waals surface area contributed by atoms with Crippen LogP contribution in [0.2, 0.25) is 0 Å². The zero-order chi connectivity index (χ0) is 12.4. The first kappa shape index (κ1) is 14.7. The van der Waals surface area contributed by atoms with E-state index in [1.165, 1.54) is 0 Å². The molecule has 0 spiro atoms. The molecule has 1 unspecified atom stereocenters. The highest BCUT2D eigenvalue weighted by Crippen LogP contribution is 2.16. The van der Waals surface area contributed by atoms with Crippen LogP contribution in [-0.4, -0.2) is 32.3 Å². The zero-order valence-corrected chi connectivity index (χ0v) is 10.1. The van der Waals surface area contributed by atoms with Gasteiger partial charge in [0.05, 0.1) is 12.7 Å². The van der Waals surface area contributed by atoms with Gasteiger partial charge in [0.25, 0.3) is 0 Å². The normalized spacial score (nSPS) is 13.9. The highest BCUT2D eigenvalue weighted by molar-refractivity contribution is 5.09. The van der Waals surface area contributed by atoms with E-state index in [0.717, 1.165) is 0 Å². The molecule has 90 valence electrons. The van der Waals surface area contributed by atoms with Crippen LogP contribution >= 0.6 is 0 Å². The smallest absolute Gasteiger partial charge is 0.132 e. The molecule has 0 bridgehead atoms. The maximum absolute atomic E-state index is 9.21. The van der Waals surface area contributed by atoms with Gasteiger partial charge in [-0.3, -0.25) is 5.32 Å². The molecule has 0 aromatic heterocycles. The van der Waals surface area contributed by atoms with E-state index in [4.69, 9.17) is 10.3 Å². The molecule has 0 heterocycles. The molecule has 0 aliphatic rings. The van der Waals surface area contributed by atoms with Crippen LogP contribution in [0, 0.1) is 17.2 Å². The molecule has 0 aromatic carbocycles. The minimum Gasteiger partial charge on any atom is -0.382 e. The molecular formula is C10H19N5O. The summed E-state index contributed by atoms with van der Waals surface area (Å²) in [6.07, 6.45) is 0.712. The Morgan fingerprint density at radius 1 is 1.62 bits per heavy atom. The van der Waals surface area contributed by atoms with Crippen molar-refractivity contribution in [3.8, 4) is 6.07 Å². The first-order valence-corrected chi connectivity index (χ1v) is 5.29. The van der Waals surface area contributed by atoms with Crippen molar-refractivity contribution in [3.63, 3.8) is 0 Å². The average molecular weight is 225 g/mol. The van der Waals surface area contributed by atoms with Crippen LogP contribution in [0.1, 0.15) is 20.3 Å². The topological polar surface area (TPSA) is 93.8 Å². The number of azide groups is 1. The van der Waals surface area contributed by atoms with Crippen molar-refractivity contribution in [2.75, 3.05) is 26.8 Å². The lowest BCUT2D eigenvalue weighted by atomic mass is 9.88. The predicted octanol–water partition coefficient (Wildman–Crippen LogP) is 1.84. The molecule has 0 radical (unpaired) electrons. The van der Waals surface area contributed by atoms with Gasteiger partial charge in [-0.2, -0.15) is 5.26 Å². The summed E-state index contributed by atoms with van der Waals surface area (Å²) in [5.41, 5.74) is 7.45. The van der Waals surface area contributed by atoms with Gasteiger partial charge in [-0.25, -0.2) is 0 Å². The average Bonchev–Trinajstić information content (AvgIpc) is 2.27. The minimum absolute atomic E-state index is 0.150.